The number of rotatable bonds is 5. The quantitative estimate of drug-likeness (QED) is 0.895. The lowest BCUT2D eigenvalue weighted by Crippen LogP contribution is -2.46. The first-order chi connectivity index (χ1) is 11.5. The van der Waals surface area contributed by atoms with Crippen molar-refractivity contribution in [1.82, 2.24) is 9.47 Å². The predicted octanol–water partition coefficient (Wildman–Crippen LogP) is 3.70. The monoisotopic (exact) mass is 348 g/mol. The molecular formula is C19H25ClN2O2. The number of fused-ring (bicyclic) bond motifs is 1. The first-order valence-electron chi connectivity index (χ1n) is 8.64. The molecule has 0 aliphatic carbocycles. The lowest BCUT2D eigenvalue weighted by molar-refractivity contribution is -0.135. The Labute approximate surface area is 148 Å². The number of hydrogen-bond acceptors (Lipinski definition) is 2. The highest BCUT2D eigenvalue weighted by Crippen LogP contribution is 2.29. The van der Waals surface area contributed by atoms with E-state index >= 15 is 0 Å². The van der Waals surface area contributed by atoms with Crippen molar-refractivity contribution in [2.24, 2.45) is 5.41 Å². The van der Waals surface area contributed by atoms with Crippen molar-refractivity contribution in [3.05, 3.63) is 35.5 Å². The molecule has 1 aliphatic heterocycles. The van der Waals surface area contributed by atoms with Crippen LogP contribution in [0.25, 0.3) is 10.9 Å². The van der Waals surface area contributed by atoms with Crippen LogP contribution in [0.4, 0.5) is 0 Å². The summed E-state index contributed by atoms with van der Waals surface area (Å²) in [4.78, 5) is 14.4. The molecule has 2 heterocycles. The first-order valence-corrected chi connectivity index (χ1v) is 9.02. The molecule has 1 aromatic carbocycles. The molecule has 24 heavy (non-hydrogen) atoms. The molecule has 1 unspecified atom stereocenters. The van der Waals surface area contributed by atoms with Gasteiger partial charge in [-0.05, 0) is 43.5 Å². The van der Waals surface area contributed by atoms with Crippen molar-refractivity contribution < 1.29 is 9.90 Å². The normalized spacial score (nSPS) is 21.4. The van der Waals surface area contributed by atoms with E-state index in [9.17, 15) is 9.90 Å². The number of piperidine rings is 1. The SMILES string of the molecule is CC1(CO)CCCN(C(=O)CCCn2ccc3cc(Cl)ccc32)C1. The number of hydrogen-bond donors (Lipinski definition) is 1. The number of aliphatic hydroxyl groups is 1. The van der Waals surface area contributed by atoms with Crippen molar-refractivity contribution in [3.63, 3.8) is 0 Å². The van der Waals surface area contributed by atoms with E-state index in [1.807, 2.05) is 23.1 Å². The molecule has 1 aliphatic rings. The van der Waals surface area contributed by atoms with Crippen LogP contribution in [-0.2, 0) is 11.3 Å². The summed E-state index contributed by atoms with van der Waals surface area (Å²) in [6, 6.07) is 7.94. The summed E-state index contributed by atoms with van der Waals surface area (Å²) < 4.78 is 2.17. The molecule has 1 N–H and O–H groups in total. The van der Waals surface area contributed by atoms with Gasteiger partial charge in [0.25, 0.3) is 0 Å². The number of halogens is 1. The summed E-state index contributed by atoms with van der Waals surface area (Å²) in [5.74, 6) is 0.203. The summed E-state index contributed by atoms with van der Waals surface area (Å²) in [6.07, 6.45) is 5.39. The van der Waals surface area contributed by atoms with Crippen molar-refractivity contribution in [2.75, 3.05) is 19.7 Å². The fourth-order valence-corrected chi connectivity index (χ4v) is 3.76. The third-order valence-electron chi connectivity index (χ3n) is 5.04. The second kappa shape index (κ2) is 7.16. The van der Waals surface area contributed by atoms with E-state index in [4.69, 9.17) is 11.6 Å². The number of aromatic nitrogens is 1. The number of benzene rings is 1. The summed E-state index contributed by atoms with van der Waals surface area (Å²) in [7, 11) is 0. The highest BCUT2D eigenvalue weighted by Gasteiger charge is 2.32. The van der Waals surface area contributed by atoms with Crippen LogP contribution in [0, 0.1) is 5.41 Å². The fourth-order valence-electron chi connectivity index (χ4n) is 3.58. The van der Waals surface area contributed by atoms with Crippen molar-refractivity contribution in [1.29, 1.82) is 0 Å². The third kappa shape index (κ3) is 3.76. The zero-order valence-corrected chi connectivity index (χ0v) is 14.9. The molecule has 0 radical (unpaired) electrons. The van der Waals surface area contributed by atoms with Gasteiger partial charge in [0.05, 0.1) is 6.61 Å². The zero-order valence-electron chi connectivity index (χ0n) is 14.2. The second-order valence-corrected chi connectivity index (χ2v) is 7.64. The summed E-state index contributed by atoms with van der Waals surface area (Å²) in [6.45, 7) is 4.52. The van der Waals surface area contributed by atoms with Gasteiger partial charge in [-0.2, -0.15) is 0 Å². The standard InChI is InChI=1S/C19H25ClN2O2/c1-19(14-23)8-3-10-22(13-19)18(24)4-2-9-21-11-7-15-12-16(20)5-6-17(15)21/h5-7,11-12,23H,2-4,8-10,13-14H2,1H3. The molecule has 1 fully saturated rings. The third-order valence-corrected chi connectivity index (χ3v) is 5.27. The molecule has 4 nitrogen and oxygen atoms in total. The summed E-state index contributed by atoms with van der Waals surface area (Å²) in [5, 5.41) is 11.4. The van der Waals surface area contributed by atoms with Crippen LogP contribution in [0.5, 0.6) is 0 Å². The van der Waals surface area contributed by atoms with Crippen molar-refractivity contribution >= 4 is 28.4 Å². The van der Waals surface area contributed by atoms with Crippen LogP contribution >= 0.6 is 11.6 Å². The molecule has 0 bridgehead atoms. The Hall–Kier alpha value is -1.52. The summed E-state index contributed by atoms with van der Waals surface area (Å²) >= 11 is 6.02. The number of likely N-dealkylation sites (tertiary alicyclic amines) is 1. The van der Waals surface area contributed by atoms with Crippen LogP contribution in [0.3, 0.4) is 0 Å². The topological polar surface area (TPSA) is 45.5 Å². The molecule has 1 amide bonds. The van der Waals surface area contributed by atoms with Crippen LogP contribution in [0.1, 0.15) is 32.6 Å². The Kier molecular flexibility index (Phi) is 5.16. The van der Waals surface area contributed by atoms with E-state index in [1.54, 1.807) is 0 Å². The van der Waals surface area contributed by atoms with Crippen molar-refractivity contribution in [3.8, 4) is 0 Å². The van der Waals surface area contributed by atoms with E-state index in [0.717, 1.165) is 48.3 Å². The minimum atomic E-state index is -0.135. The van der Waals surface area contributed by atoms with E-state index < -0.39 is 0 Å². The maximum atomic E-state index is 12.5. The van der Waals surface area contributed by atoms with Gasteiger partial charge in [0, 0.05) is 53.6 Å². The number of carbonyl (C=O) groups is 1. The van der Waals surface area contributed by atoms with Crippen LogP contribution in [-0.4, -0.2) is 40.2 Å². The average molecular weight is 349 g/mol. The van der Waals surface area contributed by atoms with E-state index in [1.165, 1.54) is 0 Å². The van der Waals surface area contributed by atoms with Crippen molar-refractivity contribution in [2.45, 2.75) is 39.2 Å². The van der Waals surface area contributed by atoms with Crippen LogP contribution in [0.2, 0.25) is 5.02 Å². The Morgan fingerprint density at radius 2 is 2.21 bits per heavy atom. The molecule has 5 heteroatoms. The van der Waals surface area contributed by atoms with Gasteiger partial charge in [-0.25, -0.2) is 0 Å². The molecule has 1 aromatic heterocycles. The van der Waals surface area contributed by atoms with E-state index in [0.29, 0.717) is 13.0 Å². The molecule has 3 rings (SSSR count). The Morgan fingerprint density at radius 1 is 1.38 bits per heavy atom. The Bertz CT molecular complexity index is 727. The number of nitrogens with zero attached hydrogens (tertiary/aromatic N) is 2. The maximum Gasteiger partial charge on any atom is 0.222 e. The summed E-state index contributed by atoms with van der Waals surface area (Å²) in [5.41, 5.74) is 1.02. The largest absolute Gasteiger partial charge is 0.396 e. The van der Waals surface area contributed by atoms with Gasteiger partial charge >= 0.3 is 0 Å². The zero-order chi connectivity index (χ0) is 17.2. The molecule has 1 atom stereocenters. The van der Waals surface area contributed by atoms with Gasteiger partial charge in [0.15, 0.2) is 0 Å². The second-order valence-electron chi connectivity index (χ2n) is 7.20. The van der Waals surface area contributed by atoms with Gasteiger partial charge in [-0.1, -0.05) is 18.5 Å². The number of aryl methyl sites for hydroxylation is 1. The molecule has 2 aromatic rings. The lowest BCUT2D eigenvalue weighted by Gasteiger charge is -2.39. The van der Waals surface area contributed by atoms with Gasteiger partial charge in [0.1, 0.15) is 0 Å². The minimum absolute atomic E-state index is 0.135. The van der Waals surface area contributed by atoms with Gasteiger partial charge < -0.3 is 14.6 Å². The fraction of sp³-hybridized carbons (Fsp3) is 0.526. The number of aliphatic hydroxyl groups excluding tert-OH is 1. The Balaban J connectivity index is 1.55. The van der Waals surface area contributed by atoms with Crippen LogP contribution < -0.4 is 0 Å². The Morgan fingerprint density at radius 3 is 3.00 bits per heavy atom. The highest BCUT2D eigenvalue weighted by atomic mass is 35.5. The number of amides is 1. The first kappa shape index (κ1) is 17.3. The molecule has 1 saturated heterocycles. The minimum Gasteiger partial charge on any atom is -0.396 e. The smallest absolute Gasteiger partial charge is 0.222 e. The molecule has 0 saturated carbocycles. The predicted molar refractivity (Wildman–Crippen MR) is 97.2 cm³/mol. The highest BCUT2D eigenvalue weighted by molar-refractivity contribution is 6.31. The average Bonchev–Trinajstić information content (AvgIpc) is 2.97. The molecule has 130 valence electrons. The van der Waals surface area contributed by atoms with Gasteiger partial charge in [-0.3, -0.25) is 4.79 Å². The van der Waals surface area contributed by atoms with E-state index in [2.05, 4.69) is 23.8 Å². The van der Waals surface area contributed by atoms with Crippen LogP contribution in [0.15, 0.2) is 30.5 Å². The van der Waals surface area contributed by atoms with Gasteiger partial charge in [0.2, 0.25) is 5.91 Å². The van der Waals surface area contributed by atoms with E-state index in [-0.39, 0.29) is 17.9 Å². The van der Waals surface area contributed by atoms with Gasteiger partial charge in [-0.15, -0.1) is 0 Å². The maximum absolute atomic E-state index is 12.5. The lowest BCUT2D eigenvalue weighted by atomic mass is 9.82. The molecular weight excluding hydrogens is 324 g/mol. The number of carbonyl (C=O) groups excluding carboxylic acids is 1. The molecule has 0 spiro atoms.